The number of benzene rings is 3. The largest absolute Gasteiger partial charge is 0.497 e. The van der Waals surface area contributed by atoms with Crippen LogP contribution in [0.3, 0.4) is 0 Å². The van der Waals surface area contributed by atoms with Gasteiger partial charge in [0, 0.05) is 17.8 Å². The molecule has 0 N–H and O–H groups in total. The van der Waals surface area contributed by atoms with E-state index in [1.807, 2.05) is 41.4 Å². The molecule has 4 aliphatic rings. The van der Waals surface area contributed by atoms with E-state index < -0.39 is 23.9 Å². The van der Waals surface area contributed by atoms with Crippen LogP contribution < -0.4 is 19.1 Å². The first-order valence-electron chi connectivity index (χ1n) is 12.6. The van der Waals surface area contributed by atoms with Crippen molar-refractivity contribution in [3.8, 4) is 17.2 Å². The summed E-state index contributed by atoms with van der Waals surface area (Å²) in [7, 11) is 1.56. The average molecular weight is 509 g/mol. The number of ketones is 1. The Morgan fingerprint density at radius 2 is 1.63 bits per heavy atom. The third-order valence-corrected chi connectivity index (χ3v) is 7.89. The molecule has 2 amide bonds. The van der Waals surface area contributed by atoms with Crippen molar-refractivity contribution in [2.24, 2.45) is 11.8 Å². The zero-order valence-corrected chi connectivity index (χ0v) is 20.6. The molecule has 4 heterocycles. The van der Waals surface area contributed by atoms with Crippen molar-refractivity contribution in [1.29, 1.82) is 0 Å². The van der Waals surface area contributed by atoms with Gasteiger partial charge in [0.25, 0.3) is 0 Å². The molecule has 4 aliphatic heterocycles. The molecule has 2 saturated heterocycles. The highest BCUT2D eigenvalue weighted by Gasteiger charge is 2.64. The van der Waals surface area contributed by atoms with Gasteiger partial charge >= 0.3 is 0 Å². The highest BCUT2D eigenvalue weighted by Crippen LogP contribution is 2.54. The van der Waals surface area contributed by atoms with Crippen molar-refractivity contribution in [3.05, 3.63) is 89.6 Å². The lowest BCUT2D eigenvalue weighted by Gasteiger charge is -2.35. The fourth-order valence-corrected chi connectivity index (χ4v) is 6.21. The van der Waals surface area contributed by atoms with Crippen LogP contribution in [0.5, 0.6) is 17.2 Å². The molecular formula is C30H24N2O6. The normalized spacial score (nSPS) is 24.7. The Balaban J connectivity index is 1.33. The maximum atomic E-state index is 14.1. The lowest BCUT2D eigenvalue weighted by Crippen LogP contribution is -2.44. The lowest BCUT2D eigenvalue weighted by molar-refractivity contribution is -0.123. The van der Waals surface area contributed by atoms with Gasteiger partial charge in [-0.15, -0.1) is 0 Å². The van der Waals surface area contributed by atoms with Gasteiger partial charge < -0.3 is 19.1 Å². The molecule has 190 valence electrons. The van der Waals surface area contributed by atoms with Crippen LogP contribution in [-0.4, -0.2) is 48.9 Å². The summed E-state index contributed by atoms with van der Waals surface area (Å²) in [6.45, 7) is 0.833. The number of hydrogen-bond donors (Lipinski definition) is 0. The molecular weight excluding hydrogens is 484 g/mol. The van der Waals surface area contributed by atoms with Gasteiger partial charge in [-0.25, -0.2) is 4.90 Å². The molecule has 0 radical (unpaired) electrons. The first kappa shape index (κ1) is 22.6. The predicted octanol–water partition coefficient (Wildman–Crippen LogP) is 3.86. The lowest BCUT2D eigenvalue weighted by atomic mass is 9.83. The van der Waals surface area contributed by atoms with Gasteiger partial charge in [0.2, 0.25) is 11.8 Å². The number of hydrogen-bond acceptors (Lipinski definition) is 7. The second-order valence-electron chi connectivity index (χ2n) is 9.77. The zero-order chi connectivity index (χ0) is 26.0. The molecule has 7 rings (SSSR count). The Labute approximate surface area is 219 Å². The van der Waals surface area contributed by atoms with Crippen molar-refractivity contribution < 1.29 is 28.6 Å². The summed E-state index contributed by atoms with van der Waals surface area (Å²) in [6.07, 6.45) is 3.79. The molecule has 1 unspecified atom stereocenters. The number of Topliss-reactive ketones (excluding diaryl/α,β-unsaturated/α-hetero) is 1. The molecule has 0 bridgehead atoms. The second kappa shape index (κ2) is 8.48. The number of carbonyl (C=O) groups is 3. The topological polar surface area (TPSA) is 85.4 Å². The fraction of sp³-hybridized carbons (Fsp3) is 0.233. The molecule has 38 heavy (non-hydrogen) atoms. The van der Waals surface area contributed by atoms with Crippen LogP contribution in [0.1, 0.15) is 27.5 Å². The maximum absolute atomic E-state index is 14.1. The van der Waals surface area contributed by atoms with Crippen LogP contribution in [0.2, 0.25) is 0 Å². The van der Waals surface area contributed by atoms with Crippen LogP contribution in [0, 0.1) is 11.8 Å². The van der Waals surface area contributed by atoms with Crippen LogP contribution in [0.25, 0.3) is 6.08 Å². The highest BCUT2D eigenvalue weighted by atomic mass is 16.6. The number of fused-ring (bicyclic) bond motifs is 6. The van der Waals surface area contributed by atoms with Crippen molar-refractivity contribution in [2.75, 3.05) is 25.2 Å². The van der Waals surface area contributed by atoms with Gasteiger partial charge in [0.1, 0.15) is 25.0 Å². The molecule has 8 heteroatoms. The highest BCUT2D eigenvalue weighted by molar-refractivity contribution is 6.24. The average Bonchev–Trinajstić information content (AvgIpc) is 3.44. The smallest absolute Gasteiger partial charge is 0.240 e. The van der Waals surface area contributed by atoms with Crippen molar-refractivity contribution >= 4 is 29.4 Å². The van der Waals surface area contributed by atoms with E-state index in [4.69, 9.17) is 14.2 Å². The van der Waals surface area contributed by atoms with E-state index in [0.29, 0.717) is 41.7 Å². The van der Waals surface area contributed by atoms with Gasteiger partial charge in [-0.2, -0.15) is 0 Å². The molecule has 0 spiro atoms. The number of amides is 2. The van der Waals surface area contributed by atoms with E-state index in [9.17, 15) is 14.4 Å². The van der Waals surface area contributed by atoms with Crippen LogP contribution in [-0.2, 0) is 9.59 Å². The Morgan fingerprint density at radius 1 is 0.895 bits per heavy atom. The standard InChI is InChI=1S/C30H24N2O6/c1-36-20-9-6-18(7-10-20)28(33)27-25-24(26-21-5-3-2-4-17(21)12-13-31(26)27)29(34)32(30(25)35)19-8-11-22-23(16-19)38-15-14-37-22/h2-13,16,24-27H,14-15H2,1H3/t24-,25+,26?,27-/m0/s1. The van der Waals surface area contributed by atoms with Crippen LogP contribution in [0.15, 0.2) is 72.9 Å². The summed E-state index contributed by atoms with van der Waals surface area (Å²) >= 11 is 0. The number of anilines is 1. The summed E-state index contributed by atoms with van der Waals surface area (Å²) in [5.74, 6) is -0.772. The van der Waals surface area contributed by atoms with Crippen LogP contribution in [0.4, 0.5) is 5.69 Å². The zero-order valence-electron chi connectivity index (χ0n) is 20.6. The van der Waals surface area contributed by atoms with E-state index in [-0.39, 0.29) is 17.6 Å². The molecule has 0 aromatic heterocycles. The molecule has 0 aliphatic carbocycles. The third-order valence-electron chi connectivity index (χ3n) is 7.89. The second-order valence-corrected chi connectivity index (χ2v) is 9.77. The minimum absolute atomic E-state index is 0.209. The number of rotatable bonds is 4. The quantitative estimate of drug-likeness (QED) is 0.391. The van der Waals surface area contributed by atoms with E-state index in [1.165, 1.54) is 4.90 Å². The van der Waals surface area contributed by atoms with Gasteiger partial charge in [-0.05, 0) is 53.6 Å². The molecule has 4 atom stereocenters. The Morgan fingerprint density at radius 3 is 2.42 bits per heavy atom. The van der Waals surface area contributed by atoms with Crippen LogP contribution >= 0.6 is 0 Å². The number of nitrogens with zero attached hydrogens (tertiary/aromatic N) is 2. The Bertz CT molecular complexity index is 1510. The molecule has 3 aromatic rings. The maximum Gasteiger partial charge on any atom is 0.240 e. The molecule has 8 nitrogen and oxygen atoms in total. The van der Waals surface area contributed by atoms with Crippen molar-refractivity contribution in [2.45, 2.75) is 12.1 Å². The SMILES string of the molecule is COc1ccc(C(=O)[C@@H]2[C@@H]3C(=O)N(c4ccc5c(c4)OCCO5)C(=O)[C@@H]3C3c4ccccc4C=CN32)cc1. The minimum Gasteiger partial charge on any atom is -0.497 e. The van der Waals surface area contributed by atoms with Crippen molar-refractivity contribution in [1.82, 2.24) is 4.90 Å². The summed E-state index contributed by atoms with van der Waals surface area (Å²) in [6, 6.07) is 18.5. The number of methoxy groups -OCH3 is 1. The summed E-state index contributed by atoms with van der Waals surface area (Å²) in [4.78, 5) is 45.3. The molecule has 2 fully saturated rings. The monoisotopic (exact) mass is 508 g/mol. The van der Waals surface area contributed by atoms with Gasteiger partial charge in [0.15, 0.2) is 17.3 Å². The Hall–Kier alpha value is -4.59. The van der Waals surface area contributed by atoms with Gasteiger partial charge in [-0.1, -0.05) is 24.3 Å². The summed E-state index contributed by atoms with van der Waals surface area (Å²) < 4.78 is 16.6. The summed E-state index contributed by atoms with van der Waals surface area (Å²) in [5, 5.41) is 0. The van der Waals surface area contributed by atoms with Gasteiger partial charge in [-0.3, -0.25) is 14.4 Å². The number of ether oxygens (including phenoxy) is 3. The van der Waals surface area contributed by atoms with Gasteiger partial charge in [0.05, 0.1) is 30.7 Å². The number of imide groups is 1. The summed E-state index contributed by atoms with van der Waals surface area (Å²) in [5.41, 5.74) is 2.78. The van der Waals surface area contributed by atoms with E-state index in [0.717, 1.165) is 11.1 Å². The molecule has 3 aromatic carbocycles. The number of carbonyl (C=O) groups excluding carboxylic acids is 3. The minimum atomic E-state index is -0.842. The first-order chi connectivity index (χ1) is 18.6. The van der Waals surface area contributed by atoms with E-state index >= 15 is 0 Å². The Kier molecular flexibility index (Phi) is 5.04. The first-order valence-corrected chi connectivity index (χ1v) is 12.6. The van der Waals surface area contributed by atoms with E-state index in [2.05, 4.69) is 0 Å². The fourth-order valence-electron chi connectivity index (χ4n) is 6.21. The van der Waals surface area contributed by atoms with Crippen molar-refractivity contribution in [3.63, 3.8) is 0 Å². The third kappa shape index (κ3) is 3.19. The predicted molar refractivity (Wildman–Crippen MR) is 138 cm³/mol. The molecule has 0 saturated carbocycles. The van der Waals surface area contributed by atoms with E-state index in [1.54, 1.807) is 49.6 Å².